The number of ether oxygens (including phenoxy) is 1. The summed E-state index contributed by atoms with van der Waals surface area (Å²) >= 11 is 0. The molecule has 1 atom stereocenters. The Bertz CT molecular complexity index is 386. The van der Waals surface area contributed by atoms with Gasteiger partial charge in [0.25, 0.3) is 0 Å². The van der Waals surface area contributed by atoms with E-state index in [9.17, 15) is 4.79 Å². The maximum Gasteiger partial charge on any atom is 0.179 e. The molecule has 0 saturated carbocycles. The van der Waals surface area contributed by atoms with Crippen LogP contribution in [-0.2, 0) is 0 Å². The van der Waals surface area contributed by atoms with Crippen molar-refractivity contribution in [2.45, 2.75) is 52.5 Å². The highest BCUT2D eigenvalue weighted by atomic mass is 16.5. The van der Waals surface area contributed by atoms with E-state index in [0.717, 1.165) is 30.7 Å². The van der Waals surface area contributed by atoms with Crippen LogP contribution in [0.25, 0.3) is 0 Å². The van der Waals surface area contributed by atoms with E-state index in [2.05, 4.69) is 19.2 Å². The summed E-state index contributed by atoms with van der Waals surface area (Å²) in [5.41, 5.74) is 0.740. The van der Waals surface area contributed by atoms with Crippen LogP contribution in [0.2, 0.25) is 0 Å². The Morgan fingerprint density at radius 1 is 1.15 bits per heavy atom. The van der Waals surface area contributed by atoms with Crippen LogP contribution in [-0.4, -0.2) is 25.0 Å². The van der Waals surface area contributed by atoms with Gasteiger partial charge < -0.3 is 10.1 Å². The van der Waals surface area contributed by atoms with E-state index in [1.807, 2.05) is 31.2 Å². The van der Waals surface area contributed by atoms with Crippen molar-refractivity contribution in [1.29, 1.82) is 0 Å². The van der Waals surface area contributed by atoms with E-state index in [1.165, 1.54) is 12.8 Å². The van der Waals surface area contributed by atoms with Gasteiger partial charge in [0.15, 0.2) is 5.78 Å². The summed E-state index contributed by atoms with van der Waals surface area (Å²) in [5, 5.41) is 3.28. The van der Waals surface area contributed by atoms with Crippen LogP contribution in [0, 0.1) is 0 Å². The molecule has 1 aromatic carbocycles. The molecule has 1 aromatic rings. The van der Waals surface area contributed by atoms with E-state index in [-0.39, 0.29) is 11.8 Å². The van der Waals surface area contributed by atoms with Crippen molar-refractivity contribution in [1.82, 2.24) is 5.32 Å². The molecule has 3 heteroatoms. The van der Waals surface area contributed by atoms with Gasteiger partial charge in [0.1, 0.15) is 5.75 Å². The third-order valence-corrected chi connectivity index (χ3v) is 3.24. The van der Waals surface area contributed by atoms with Gasteiger partial charge in [-0.15, -0.1) is 0 Å². The van der Waals surface area contributed by atoms with Crippen molar-refractivity contribution in [3.05, 3.63) is 29.8 Å². The van der Waals surface area contributed by atoms with E-state index in [0.29, 0.717) is 6.61 Å². The lowest BCUT2D eigenvalue weighted by Crippen LogP contribution is -2.34. The molecular weight excluding hydrogens is 250 g/mol. The molecule has 0 fully saturated rings. The Balaban J connectivity index is 2.45. The molecule has 3 nitrogen and oxygen atoms in total. The molecule has 0 aliphatic rings. The number of carbonyl (C=O) groups is 1. The number of hydrogen-bond donors (Lipinski definition) is 1. The van der Waals surface area contributed by atoms with Gasteiger partial charge >= 0.3 is 0 Å². The zero-order valence-electron chi connectivity index (χ0n) is 12.9. The molecule has 0 aliphatic carbocycles. The average molecular weight is 277 g/mol. The molecular formula is C17H27NO2. The van der Waals surface area contributed by atoms with Crippen molar-refractivity contribution in [3.8, 4) is 5.75 Å². The molecule has 1 N–H and O–H groups in total. The standard InChI is InChI=1S/C17H27NO2/c1-4-6-7-12-18-14(3)17(19)15-8-10-16(11-9-15)20-13-5-2/h8-11,14,18H,4-7,12-13H2,1-3H3. The zero-order chi connectivity index (χ0) is 14.8. The highest BCUT2D eigenvalue weighted by Gasteiger charge is 2.14. The quantitative estimate of drug-likeness (QED) is 0.522. The first kappa shape index (κ1) is 16.7. The summed E-state index contributed by atoms with van der Waals surface area (Å²) < 4.78 is 5.52. The largest absolute Gasteiger partial charge is 0.494 e. The van der Waals surface area contributed by atoms with Gasteiger partial charge in [0.2, 0.25) is 0 Å². The molecule has 1 unspecified atom stereocenters. The fraction of sp³-hybridized carbons (Fsp3) is 0.588. The summed E-state index contributed by atoms with van der Waals surface area (Å²) in [5.74, 6) is 0.968. The van der Waals surface area contributed by atoms with Crippen molar-refractivity contribution in [2.24, 2.45) is 0 Å². The first-order chi connectivity index (χ1) is 9.69. The van der Waals surface area contributed by atoms with Crippen molar-refractivity contribution in [3.63, 3.8) is 0 Å². The van der Waals surface area contributed by atoms with Crippen LogP contribution in [0.4, 0.5) is 0 Å². The maximum atomic E-state index is 12.2. The van der Waals surface area contributed by atoms with Crippen LogP contribution >= 0.6 is 0 Å². The van der Waals surface area contributed by atoms with Gasteiger partial charge in [-0.1, -0.05) is 26.7 Å². The highest BCUT2D eigenvalue weighted by molar-refractivity contribution is 5.99. The molecule has 0 amide bonds. The summed E-state index contributed by atoms with van der Waals surface area (Å²) in [4.78, 5) is 12.2. The number of carbonyl (C=O) groups excluding carboxylic acids is 1. The van der Waals surface area contributed by atoms with Crippen LogP contribution in [0.1, 0.15) is 56.8 Å². The minimum Gasteiger partial charge on any atom is -0.494 e. The molecule has 0 bridgehead atoms. The number of hydrogen-bond acceptors (Lipinski definition) is 3. The number of ketones is 1. The smallest absolute Gasteiger partial charge is 0.179 e. The molecule has 0 spiro atoms. The van der Waals surface area contributed by atoms with E-state index in [1.54, 1.807) is 0 Å². The third-order valence-electron chi connectivity index (χ3n) is 3.24. The minimum atomic E-state index is -0.130. The second kappa shape index (κ2) is 9.54. The predicted octanol–water partition coefficient (Wildman–Crippen LogP) is 3.83. The van der Waals surface area contributed by atoms with E-state index >= 15 is 0 Å². The van der Waals surface area contributed by atoms with Crippen LogP contribution in [0.3, 0.4) is 0 Å². The van der Waals surface area contributed by atoms with Crippen LogP contribution < -0.4 is 10.1 Å². The van der Waals surface area contributed by atoms with Crippen molar-refractivity contribution >= 4 is 5.78 Å². The van der Waals surface area contributed by atoms with Gasteiger partial charge in [-0.3, -0.25) is 4.79 Å². The lowest BCUT2D eigenvalue weighted by Gasteiger charge is -2.13. The summed E-state index contributed by atoms with van der Waals surface area (Å²) in [6, 6.07) is 7.29. The number of unbranched alkanes of at least 4 members (excludes halogenated alkanes) is 2. The normalized spacial score (nSPS) is 12.2. The van der Waals surface area contributed by atoms with Crippen molar-refractivity contribution in [2.75, 3.05) is 13.2 Å². The topological polar surface area (TPSA) is 38.3 Å². The minimum absolute atomic E-state index is 0.130. The van der Waals surface area contributed by atoms with Gasteiger partial charge in [-0.2, -0.15) is 0 Å². The monoisotopic (exact) mass is 277 g/mol. The molecule has 1 rings (SSSR count). The Hall–Kier alpha value is -1.35. The number of nitrogens with one attached hydrogen (secondary N) is 1. The third kappa shape index (κ3) is 5.74. The summed E-state index contributed by atoms with van der Waals surface area (Å²) in [7, 11) is 0. The molecule has 0 radical (unpaired) electrons. The molecule has 0 heterocycles. The number of rotatable bonds is 10. The van der Waals surface area contributed by atoms with E-state index in [4.69, 9.17) is 4.74 Å². The molecule has 0 aromatic heterocycles. The SMILES string of the molecule is CCCCCNC(C)C(=O)c1ccc(OCCC)cc1. The molecule has 0 aliphatic heterocycles. The summed E-state index contributed by atoms with van der Waals surface area (Å²) in [6.45, 7) is 7.79. The van der Waals surface area contributed by atoms with E-state index < -0.39 is 0 Å². The zero-order valence-corrected chi connectivity index (χ0v) is 12.9. The highest BCUT2D eigenvalue weighted by Crippen LogP contribution is 2.14. The first-order valence-corrected chi connectivity index (χ1v) is 7.69. The molecule has 0 saturated heterocycles. The molecule has 20 heavy (non-hydrogen) atoms. The Morgan fingerprint density at radius 3 is 2.45 bits per heavy atom. The maximum absolute atomic E-state index is 12.2. The van der Waals surface area contributed by atoms with Crippen LogP contribution in [0.15, 0.2) is 24.3 Å². The molecule has 112 valence electrons. The second-order valence-electron chi connectivity index (χ2n) is 5.12. The fourth-order valence-electron chi connectivity index (χ4n) is 1.97. The number of Topliss-reactive ketones (excluding diaryl/α,β-unsaturated/α-hetero) is 1. The van der Waals surface area contributed by atoms with Crippen molar-refractivity contribution < 1.29 is 9.53 Å². The lowest BCUT2D eigenvalue weighted by molar-refractivity contribution is 0.0951. The summed E-state index contributed by atoms with van der Waals surface area (Å²) in [6.07, 6.45) is 4.51. The second-order valence-corrected chi connectivity index (χ2v) is 5.12. The first-order valence-electron chi connectivity index (χ1n) is 7.69. The lowest BCUT2D eigenvalue weighted by atomic mass is 10.1. The number of benzene rings is 1. The Labute approximate surface area is 122 Å². The van der Waals surface area contributed by atoms with Gasteiger partial charge in [0, 0.05) is 5.56 Å². The Kier molecular flexibility index (Phi) is 7.97. The van der Waals surface area contributed by atoms with Crippen LogP contribution in [0.5, 0.6) is 5.75 Å². The average Bonchev–Trinajstić information content (AvgIpc) is 2.49. The Morgan fingerprint density at radius 2 is 1.85 bits per heavy atom. The van der Waals surface area contributed by atoms with Gasteiger partial charge in [0.05, 0.1) is 12.6 Å². The predicted molar refractivity (Wildman–Crippen MR) is 83.5 cm³/mol. The van der Waals surface area contributed by atoms with Gasteiger partial charge in [-0.05, 0) is 50.6 Å². The van der Waals surface area contributed by atoms with Gasteiger partial charge in [-0.25, -0.2) is 0 Å². The fourth-order valence-corrected chi connectivity index (χ4v) is 1.97.